The van der Waals surface area contributed by atoms with Crippen molar-refractivity contribution in [3.05, 3.63) is 41.2 Å². The summed E-state index contributed by atoms with van der Waals surface area (Å²) >= 11 is 5.96. The monoisotopic (exact) mass is 221 g/mol. The molecule has 0 spiro atoms. The van der Waals surface area contributed by atoms with Crippen LogP contribution in [0.25, 0.3) is 10.8 Å². The number of carboxylic acids is 1. The lowest BCUT2D eigenvalue weighted by Gasteiger charge is -2.05. The van der Waals surface area contributed by atoms with E-state index < -0.39 is 5.97 Å². The third-order valence-corrected chi connectivity index (χ3v) is 2.56. The SMILES string of the molecule is O=C(O)Cc1c(Cl)ccc2cnccc12. The lowest BCUT2D eigenvalue weighted by molar-refractivity contribution is -0.136. The second-order valence-corrected chi connectivity index (χ2v) is 3.60. The first-order valence-electron chi connectivity index (χ1n) is 4.41. The van der Waals surface area contributed by atoms with Crippen molar-refractivity contribution >= 4 is 28.3 Å². The Bertz CT molecular complexity index is 525. The van der Waals surface area contributed by atoms with Crippen molar-refractivity contribution in [2.75, 3.05) is 0 Å². The second-order valence-electron chi connectivity index (χ2n) is 3.19. The summed E-state index contributed by atoms with van der Waals surface area (Å²) in [6.07, 6.45) is 3.25. The van der Waals surface area contributed by atoms with Crippen molar-refractivity contribution < 1.29 is 9.90 Å². The fourth-order valence-electron chi connectivity index (χ4n) is 1.54. The van der Waals surface area contributed by atoms with Crippen LogP contribution in [0.4, 0.5) is 0 Å². The molecule has 1 heterocycles. The molecule has 3 nitrogen and oxygen atoms in total. The van der Waals surface area contributed by atoms with Gasteiger partial charge in [0.25, 0.3) is 0 Å². The van der Waals surface area contributed by atoms with E-state index in [1.165, 1.54) is 0 Å². The summed E-state index contributed by atoms with van der Waals surface area (Å²) in [5, 5.41) is 11.0. The van der Waals surface area contributed by atoms with Crippen molar-refractivity contribution in [3.8, 4) is 0 Å². The molecular weight excluding hydrogens is 214 g/mol. The molecule has 0 radical (unpaired) electrons. The molecule has 1 aromatic carbocycles. The van der Waals surface area contributed by atoms with E-state index in [1.54, 1.807) is 24.5 Å². The Balaban J connectivity index is 2.68. The van der Waals surface area contributed by atoms with E-state index in [-0.39, 0.29) is 6.42 Å². The molecule has 2 rings (SSSR count). The average molecular weight is 222 g/mol. The van der Waals surface area contributed by atoms with E-state index in [0.717, 1.165) is 10.8 Å². The van der Waals surface area contributed by atoms with E-state index in [1.807, 2.05) is 6.07 Å². The maximum absolute atomic E-state index is 10.7. The van der Waals surface area contributed by atoms with Gasteiger partial charge in [-0.2, -0.15) is 0 Å². The largest absolute Gasteiger partial charge is 0.481 e. The quantitative estimate of drug-likeness (QED) is 0.848. The lowest BCUT2D eigenvalue weighted by Crippen LogP contribution is -2.01. The van der Waals surface area contributed by atoms with Crippen LogP contribution in [-0.2, 0) is 11.2 Å². The van der Waals surface area contributed by atoms with Gasteiger partial charge in [0.15, 0.2) is 0 Å². The van der Waals surface area contributed by atoms with Gasteiger partial charge in [-0.3, -0.25) is 9.78 Å². The van der Waals surface area contributed by atoms with E-state index in [9.17, 15) is 4.79 Å². The van der Waals surface area contributed by atoms with Crippen LogP contribution < -0.4 is 0 Å². The fraction of sp³-hybridized carbons (Fsp3) is 0.0909. The first kappa shape index (κ1) is 9.93. The van der Waals surface area contributed by atoms with Crippen LogP contribution in [0.1, 0.15) is 5.56 Å². The van der Waals surface area contributed by atoms with Gasteiger partial charge < -0.3 is 5.11 Å². The van der Waals surface area contributed by atoms with Crippen LogP contribution in [-0.4, -0.2) is 16.1 Å². The van der Waals surface area contributed by atoms with Gasteiger partial charge in [-0.25, -0.2) is 0 Å². The minimum absolute atomic E-state index is 0.0693. The molecule has 0 bridgehead atoms. The number of aliphatic carboxylic acids is 1. The molecule has 4 heteroatoms. The van der Waals surface area contributed by atoms with E-state index in [4.69, 9.17) is 16.7 Å². The lowest BCUT2D eigenvalue weighted by atomic mass is 10.0. The van der Waals surface area contributed by atoms with Crippen LogP contribution in [0.5, 0.6) is 0 Å². The standard InChI is InChI=1S/C11H8ClNO2/c12-10-2-1-7-6-13-4-3-8(7)9(10)5-11(14)15/h1-4,6H,5H2,(H,14,15). The summed E-state index contributed by atoms with van der Waals surface area (Å²) in [7, 11) is 0. The summed E-state index contributed by atoms with van der Waals surface area (Å²) in [4.78, 5) is 14.7. The molecule has 0 saturated heterocycles. The molecule has 1 aromatic heterocycles. The van der Waals surface area contributed by atoms with Gasteiger partial charge in [-0.05, 0) is 23.1 Å². The molecule has 0 saturated carbocycles. The highest BCUT2D eigenvalue weighted by atomic mass is 35.5. The van der Waals surface area contributed by atoms with Crippen molar-refractivity contribution in [3.63, 3.8) is 0 Å². The molecule has 2 aromatic rings. The van der Waals surface area contributed by atoms with E-state index in [2.05, 4.69) is 4.98 Å². The molecule has 0 aliphatic carbocycles. The number of halogens is 1. The number of carboxylic acid groups (broad SMARTS) is 1. The number of hydrogen-bond donors (Lipinski definition) is 1. The molecule has 76 valence electrons. The predicted molar refractivity (Wildman–Crippen MR) is 58.1 cm³/mol. The Labute approximate surface area is 91.3 Å². The van der Waals surface area contributed by atoms with Crippen LogP contribution in [0.15, 0.2) is 30.6 Å². The van der Waals surface area contributed by atoms with Crippen LogP contribution >= 0.6 is 11.6 Å². The van der Waals surface area contributed by atoms with E-state index in [0.29, 0.717) is 10.6 Å². The third-order valence-electron chi connectivity index (χ3n) is 2.20. The summed E-state index contributed by atoms with van der Waals surface area (Å²) in [6, 6.07) is 5.30. The van der Waals surface area contributed by atoms with Gasteiger partial charge in [0.1, 0.15) is 0 Å². The Kier molecular flexibility index (Phi) is 2.56. The average Bonchev–Trinajstić information content (AvgIpc) is 2.22. The molecule has 0 unspecified atom stereocenters. The van der Waals surface area contributed by atoms with Crippen LogP contribution in [0.2, 0.25) is 5.02 Å². The zero-order chi connectivity index (χ0) is 10.8. The molecule has 0 aliphatic rings. The fourth-order valence-corrected chi connectivity index (χ4v) is 1.77. The second kappa shape index (κ2) is 3.87. The third kappa shape index (κ3) is 1.92. The minimum atomic E-state index is -0.888. The number of carbonyl (C=O) groups is 1. The Morgan fingerprint density at radius 2 is 2.20 bits per heavy atom. The molecule has 0 amide bonds. The minimum Gasteiger partial charge on any atom is -0.481 e. The highest BCUT2D eigenvalue weighted by Crippen LogP contribution is 2.25. The maximum atomic E-state index is 10.7. The summed E-state index contributed by atoms with van der Waals surface area (Å²) in [6.45, 7) is 0. The number of pyridine rings is 1. The van der Waals surface area contributed by atoms with Gasteiger partial charge in [-0.1, -0.05) is 17.7 Å². The Hall–Kier alpha value is -1.61. The Morgan fingerprint density at radius 1 is 1.40 bits per heavy atom. The maximum Gasteiger partial charge on any atom is 0.307 e. The molecule has 0 fully saturated rings. The van der Waals surface area contributed by atoms with Crippen molar-refractivity contribution in [2.45, 2.75) is 6.42 Å². The normalized spacial score (nSPS) is 10.5. The zero-order valence-corrected chi connectivity index (χ0v) is 8.53. The highest BCUT2D eigenvalue weighted by molar-refractivity contribution is 6.32. The first-order valence-corrected chi connectivity index (χ1v) is 4.79. The Morgan fingerprint density at radius 3 is 2.93 bits per heavy atom. The van der Waals surface area contributed by atoms with Gasteiger partial charge in [-0.15, -0.1) is 0 Å². The van der Waals surface area contributed by atoms with Gasteiger partial charge in [0.2, 0.25) is 0 Å². The molecule has 0 atom stereocenters. The topological polar surface area (TPSA) is 50.2 Å². The smallest absolute Gasteiger partial charge is 0.307 e. The van der Waals surface area contributed by atoms with Crippen LogP contribution in [0, 0.1) is 0 Å². The highest BCUT2D eigenvalue weighted by Gasteiger charge is 2.09. The van der Waals surface area contributed by atoms with Crippen LogP contribution in [0.3, 0.4) is 0 Å². The number of fused-ring (bicyclic) bond motifs is 1. The first-order chi connectivity index (χ1) is 7.18. The number of aromatic nitrogens is 1. The van der Waals surface area contributed by atoms with Gasteiger partial charge in [0, 0.05) is 22.8 Å². The summed E-state index contributed by atoms with van der Waals surface area (Å²) in [5.74, 6) is -0.888. The van der Waals surface area contributed by atoms with Crippen molar-refractivity contribution in [1.82, 2.24) is 4.98 Å². The number of hydrogen-bond acceptors (Lipinski definition) is 2. The number of nitrogens with zero attached hydrogens (tertiary/aromatic N) is 1. The van der Waals surface area contributed by atoms with Gasteiger partial charge >= 0.3 is 5.97 Å². The molecule has 15 heavy (non-hydrogen) atoms. The van der Waals surface area contributed by atoms with Crippen molar-refractivity contribution in [2.24, 2.45) is 0 Å². The zero-order valence-electron chi connectivity index (χ0n) is 7.77. The summed E-state index contributed by atoms with van der Waals surface area (Å²) < 4.78 is 0. The molecular formula is C11H8ClNO2. The molecule has 0 aliphatic heterocycles. The van der Waals surface area contributed by atoms with E-state index >= 15 is 0 Å². The molecule has 1 N–H and O–H groups in total. The number of benzene rings is 1. The predicted octanol–water partition coefficient (Wildman–Crippen LogP) is 2.52. The van der Waals surface area contributed by atoms with Gasteiger partial charge in [0.05, 0.1) is 6.42 Å². The van der Waals surface area contributed by atoms with Crippen molar-refractivity contribution in [1.29, 1.82) is 0 Å². The number of rotatable bonds is 2. The summed E-state index contributed by atoms with van der Waals surface area (Å²) in [5.41, 5.74) is 0.643.